The first-order chi connectivity index (χ1) is 26.9. The lowest BCUT2D eigenvalue weighted by atomic mass is 9.48. The molecule has 2 aliphatic heterocycles. The van der Waals surface area contributed by atoms with Crippen LogP contribution in [0.25, 0.3) is 0 Å². The summed E-state index contributed by atoms with van der Waals surface area (Å²) in [5, 5.41) is 32.7. The summed E-state index contributed by atoms with van der Waals surface area (Å²) in [6.45, 7) is 5.88. The van der Waals surface area contributed by atoms with Crippen LogP contribution in [0.1, 0.15) is 105 Å². The fraction of sp³-hybridized carbons (Fsp3) is 0.689. The van der Waals surface area contributed by atoms with Gasteiger partial charge in [0.05, 0.1) is 23.6 Å². The maximum Gasteiger partial charge on any atom is 0.133 e. The van der Waals surface area contributed by atoms with Crippen LogP contribution in [0.2, 0.25) is 0 Å². The van der Waals surface area contributed by atoms with Gasteiger partial charge in [-0.05, 0) is 148 Å². The molecule has 13 rings (SSSR count). The van der Waals surface area contributed by atoms with Gasteiger partial charge in [0.15, 0.2) is 0 Å². The maximum absolute atomic E-state index is 11.3. The smallest absolute Gasteiger partial charge is 0.133 e. The van der Waals surface area contributed by atoms with Gasteiger partial charge in [0.2, 0.25) is 0 Å². The number of rotatable bonds is 10. The molecule has 4 heterocycles. The zero-order valence-electron chi connectivity index (χ0n) is 32.6. The summed E-state index contributed by atoms with van der Waals surface area (Å²) in [4.78, 5) is 20.5. The van der Waals surface area contributed by atoms with Gasteiger partial charge in [0.1, 0.15) is 24.3 Å². The molecule has 8 aliphatic carbocycles. The molecule has 2 unspecified atom stereocenters. The molecule has 294 valence electrons. The summed E-state index contributed by atoms with van der Waals surface area (Å²) in [6, 6.07) is 10.7. The summed E-state index contributed by atoms with van der Waals surface area (Å²) >= 11 is 0. The minimum Gasteiger partial charge on any atom is -0.391 e. The molecule has 0 radical (unpaired) electrons. The van der Waals surface area contributed by atoms with Crippen LogP contribution in [-0.4, -0.2) is 73.4 Å². The number of aliphatic hydroxyl groups is 2. The quantitative estimate of drug-likeness (QED) is 0.165. The maximum atomic E-state index is 11.3. The molecule has 55 heavy (non-hydrogen) atoms. The molecule has 0 amide bonds. The summed E-state index contributed by atoms with van der Waals surface area (Å²) in [7, 11) is 0. The lowest BCUT2D eigenvalue weighted by molar-refractivity contribution is -0.115. The molecular weight excluding hydrogens is 685 g/mol. The van der Waals surface area contributed by atoms with E-state index in [1.165, 1.54) is 93.7 Å². The minimum atomic E-state index is -0.273. The second kappa shape index (κ2) is 15.0. The van der Waals surface area contributed by atoms with Crippen LogP contribution >= 0.6 is 0 Å². The monoisotopic (exact) mass is 746 g/mol. The Morgan fingerprint density at radius 3 is 1.67 bits per heavy atom. The van der Waals surface area contributed by atoms with Crippen molar-refractivity contribution in [3.05, 3.63) is 71.1 Å². The van der Waals surface area contributed by atoms with Crippen molar-refractivity contribution in [1.29, 1.82) is 0 Å². The highest BCUT2D eigenvalue weighted by Gasteiger charge is 2.55. The first-order valence-electron chi connectivity index (χ1n) is 21.8. The lowest BCUT2D eigenvalue weighted by Crippen LogP contribution is -2.53. The second-order valence-corrected chi connectivity index (χ2v) is 19.5. The highest BCUT2D eigenvalue weighted by molar-refractivity contribution is 5.48. The van der Waals surface area contributed by atoms with Gasteiger partial charge in [-0.2, -0.15) is 0 Å². The van der Waals surface area contributed by atoms with E-state index in [1.54, 1.807) is 12.7 Å². The summed E-state index contributed by atoms with van der Waals surface area (Å²) in [5.74, 6) is 7.10. The fourth-order valence-corrected chi connectivity index (χ4v) is 14.0. The highest BCUT2D eigenvalue weighted by Crippen LogP contribution is 2.62. The van der Waals surface area contributed by atoms with Gasteiger partial charge in [0.25, 0.3) is 0 Å². The van der Waals surface area contributed by atoms with Gasteiger partial charge >= 0.3 is 0 Å². The van der Waals surface area contributed by atoms with Crippen molar-refractivity contribution in [2.75, 3.05) is 36.8 Å². The van der Waals surface area contributed by atoms with Crippen molar-refractivity contribution in [3.8, 4) is 0 Å². The van der Waals surface area contributed by atoms with Crippen LogP contribution in [0.3, 0.4) is 0 Å². The number of nitrogens with zero attached hydrogens (tertiary/aromatic N) is 5. The van der Waals surface area contributed by atoms with Gasteiger partial charge in [-0.3, -0.25) is 4.90 Å². The number of benzene rings is 1. The molecule has 2 atom stereocenters. The predicted octanol–water partition coefficient (Wildman–Crippen LogP) is 6.14. The van der Waals surface area contributed by atoms with Crippen LogP contribution in [0, 0.1) is 46.3 Å². The lowest BCUT2D eigenvalue weighted by Gasteiger charge is -2.58. The molecule has 3 aromatic rings. The molecule has 8 saturated carbocycles. The van der Waals surface area contributed by atoms with Crippen molar-refractivity contribution in [3.63, 3.8) is 0 Å². The Kier molecular flexibility index (Phi) is 9.84. The zero-order valence-corrected chi connectivity index (χ0v) is 32.6. The Hall–Kier alpha value is -3.18. The number of aromatic nitrogens is 4. The molecule has 8 fully saturated rings. The number of nitrogens with one attached hydrogen (secondary N) is 3. The standard InChI is InChI=1S/C26H34N4O.C19H28N4O/c31-24(26-11-19-8-20(12-26)10-21(9-19)13-26)14-27-25-22-6-7-30(16-23(22)28-17-29-25)15-18-4-2-1-3-5-18;24-17(19-6-12-3-13(7-19)5-14(4-12)8-19)10-21-18-15-1-2-20-9-16(15)22-11-23-18/h1-5,17,19-21,24,31H,6-16H2,(H,27,28,29);11-14,17,20,24H,1-10H2,(H,21,22,23). The number of hydrogen-bond donors (Lipinski definition) is 5. The first-order valence-corrected chi connectivity index (χ1v) is 21.8. The minimum absolute atomic E-state index is 0.154. The van der Waals surface area contributed by atoms with E-state index in [4.69, 9.17) is 0 Å². The van der Waals surface area contributed by atoms with E-state index in [0.717, 1.165) is 104 Å². The van der Waals surface area contributed by atoms with Gasteiger partial charge in [-0.15, -0.1) is 0 Å². The van der Waals surface area contributed by atoms with E-state index in [2.05, 4.69) is 71.1 Å². The van der Waals surface area contributed by atoms with Crippen LogP contribution in [0.15, 0.2) is 43.0 Å². The average Bonchev–Trinajstić information content (AvgIpc) is 3.18. The largest absolute Gasteiger partial charge is 0.391 e. The predicted molar refractivity (Wildman–Crippen MR) is 214 cm³/mol. The summed E-state index contributed by atoms with van der Waals surface area (Å²) < 4.78 is 0. The van der Waals surface area contributed by atoms with Crippen molar-refractivity contribution >= 4 is 11.6 Å². The number of fused-ring (bicyclic) bond motifs is 2. The first kappa shape index (κ1) is 36.2. The van der Waals surface area contributed by atoms with E-state index < -0.39 is 0 Å². The summed E-state index contributed by atoms with van der Waals surface area (Å²) in [5.41, 5.74) is 6.38. The van der Waals surface area contributed by atoms with Gasteiger partial charge in [0, 0.05) is 50.4 Å². The van der Waals surface area contributed by atoms with Gasteiger partial charge in [-0.1, -0.05) is 30.3 Å². The molecule has 10 heteroatoms. The van der Waals surface area contributed by atoms with Crippen molar-refractivity contribution in [2.45, 2.75) is 122 Å². The molecule has 5 N–H and O–H groups in total. The van der Waals surface area contributed by atoms with Crippen molar-refractivity contribution in [1.82, 2.24) is 30.2 Å². The van der Waals surface area contributed by atoms with Crippen LogP contribution in [0.5, 0.6) is 0 Å². The number of aliphatic hydroxyl groups excluding tert-OH is 2. The van der Waals surface area contributed by atoms with E-state index in [0.29, 0.717) is 13.1 Å². The van der Waals surface area contributed by atoms with E-state index >= 15 is 0 Å². The fourth-order valence-electron chi connectivity index (χ4n) is 14.0. The topological polar surface area (TPSA) is 131 Å². The normalized spacial score (nSPS) is 34.9. The Bertz CT molecular complexity index is 1750. The SMILES string of the molecule is OC(CNc1ncnc2c1CCN(Cc1ccccc1)C2)C12CC3CC(CC(C3)C1)C2.OC(CNc1ncnc2c1CCNC2)C12CC3CC(CC(C3)C1)C2. The molecule has 2 aromatic heterocycles. The Morgan fingerprint density at radius 1 is 0.655 bits per heavy atom. The van der Waals surface area contributed by atoms with E-state index in [9.17, 15) is 10.2 Å². The third-order valence-electron chi connectivity index (χ3n) is 15.7. The van der Waals surface area contributed by atoms with Crippen molar-refractivity contribution < 1.29 is 10.2 Å². The number of hydrogen-bond acceptors (Lipinski definition) is 10. The Balaban J connectivity index is 0.000000140. The molecule has 0 saturated heterocycles. The van der Waals surface area contributed by atoms with E-state index in [1.807, 2.05) is 0 Å². The molecule has 10 aliphatic rings. The zero-order chi connectivity index (χ0) is 37.0. The van der Waals surface area contributed by atoms with Gasteiger partial charge in [-0.25, -0.2) is 19.9 Å². The average molecular weight is 747 g/mol. The third kappa shape index (κ3) is 7.30. The van der Waals surface area contributed by atoms with Crippen molar-refractivity contribution in [2.24, 2.45) is 46.3 Å². The Labute approximate surface area is 327 Å². The van der Waals surface area contributed by atoms with Crippen LogP contribution < -0.4 is 16.0 Å². The second-order valence-electron chi connectivity index (χ2n) is 19.5. The number of anilines is 2. The highest BCUT2D eigenvalue weighted by atomic mass is 16.3. The van der Waals surface area contributed by atoms with Crippen LogP contribution in [-0.2, 0) is 32.5 Å². The molecule has 8 bridgehead atoms. The third-order valence-corrected chi connectivity index (χ3v) is 15.7. The molecular formula is C45H62N8O2. The Morgan fingerprint density at radius 2 is 1.15 bits per heavy atom. The van der Waals surface area contributed by atoms with E-state index in [-0.39, 0.29) is 23.0 Å². The molecule has 0 spiro atoms. The summed E-state index contributed by atoms with van der Waals surface area (Å²) in [6.07, 6.45) is 20.7. The van der Waals surface area contributed by atoms with Crippen LogP contribution in [0.4, 0.5) is 11.6 Å². The molecule has 1 aromatic carbocycles. The molecule has 10 nitrogen and oxygen atoms in total. The van der Waals surface area contributed by atoms with Gasteiger partial charge < -0.3 is 26.2 Å².